The van der Waals surface area contributed by atoms with E-state index in [1.807, 2.05) is 6.92 Å². The van der Waals surface area contributed by atoms with Crippen molar-refractivity contribution < 1.29 is 22.0 Å². The Morgan fingerprint density at radius 1 is 1.10 bits per heavy atom. The lowest BCUT2D eigenvalue weighted by atomic mass is 10.1. The molecule has 10 nitrogen and oxygen atoms in total. The Balaban J connectivity index is 1.43. The summed E-state index contributed by atoms with van der Waals surface area (Å²) < 4.78 is 53.7. The average molecular weight is 584 g/mol. The third-order valence-electron chi connectivity index (χ3n) is 7.25. The zero-order valence-electron chi connectivity index (χ0n) is 22.9. The maximum Gasteiger partial charge on any atom is 0.241 e. The van der Waals surface area contributed by atoms with Crippen LogP contribution < -0.4 is 10.6 Å². The molecule has 3 N–H and O–H groups in total. The molecule has 0 aliphatic carbocycles. The second-order valence-corrected chi connectivity index (χ2v) is 12.1. The first-order valence-electron chi connectivity index (χ1n) is 13.2. The number of fused-ring (bicyclic) bond motifs is 1. The highest BCUT2D eigenvalue weighted by Gasteiger charge is 2.27. The van der Waals surface area contributed by atoms with Crippen LogP contribution in [0.5, 0.6) is 0 Å². The largest absolute Gasteiger partial charge is 0.359 e. The molecule has 1 saturated heterocycles. The Bertz CT molecular complexity index is 1700. The number of nitrogens with zero attached hydrogens (tertiary/aromatic N) is 4. The topological polar surface area (TPSA) is 123 Å². The number of benzene rings is 2. The van der Waals surface area contributed by atoms with Crippen LogP contribution >= 0.6 is 0 Å². The van der Waals surface area contributed by atoms with Crippen molar-refractivity contribution in [3.63, 3.8) is 0 Å². The number of para-hydroxylation sites is 1. The predicted molar refractivity (Wildman–Crippen MR) is 154 cm³/mol. The Hall–Kier alpha value is -3.94. The van der Waals surface area contributed by atoms with Crippen molar-refractivity contribution in [1.29, 1.82) is 0 Å². The van der Waals surface area contributed by atoms with Gasteiger partial charge in [-0.25, -0.2) is 27.2 Å². The molecule has 1 aliphatic rings. The van der Waals surface area contributed by atoms with Gasteiger partial charge >= 0.3 is 0 Å². The minimum atomic E-state index is -3.81. The van der Waals surface area contributed by atoms with Gasteiger partial charge in [0.05, 0.1) is 29.1 Å². The highest BCUT2D eigenvalue weighted by molar-refractivity contribution is 7.90. The van der Waals surface area contributed by atoms with Crippen molar-refractivity contribution in [2.45, 2.75) is 24.3 Å². The van der Waals surface area contributed by atoms with E-state index in [1.54, 1.807) is 24.4 Å². The van der Waals surface area contributed by atoms with Crippen LogP contribution in [-0.4, -0.2) is 84.6 Å². The minimum absolute atomic E-state index is 0.0548. The number of hydrogen-bond acceptors (Lipinski definition) is 8. The van der Waals surface area contributed by atoms with Crippen molar-refractivity contribution >= 4 is 44.0 Å². The highest BCUT2D eigenvalue weighted by atomic mass is 32.2. The van der Waals surface area contributed by atoms with E-state index in [9.17, 15) is 22.0 Å². The van der Waals surface area contributed by atoms with E-state index in [0.717, 1.165) is 44.7 Å². The smallest absolute Gasteiger partial charge is 0.241 e. The maximum atomic E-state index is 15.0. The first-order valence-corrected chi connectivity index (χ1v) is 15.1. The molecule has 216 valence electrons. The number of sulfone groups is 1. The number of nitrogens with one attached hydrogen (secondary N) is 3. The van der Waals surface area contributed by atoms with E-state index in [4.69, 9.17) is 0 Å². The number of rotatable bonds is 8. The van der Waals surface area contributed by atoms with Gasteiger partial charge in [0.15, 0.2) is 21.5 Å². The second-order valence-electron chi connectivity index (χ2n) is 10.1. The van der Waals surface area contributed by atoms with Crippen LogP contribution in [0.3, 0.4) is 0 Å². The number of likely N-dealkylation sites (N-methyl/N-ethyl adjacent to an activating group) is 1. The van der Waals surface area contributed by atoms with Gasteiger partial charge in [-0.1, -0.05) is 25.1 Å². The lowest BCUT2D eigenvalue weighted by Gasteiger charge is -2.36. The van der Waals surface area contributed by atoms with Crippen LogP contribution in [0.25, 0.3) is 22.2 Å². The van der Waals surface area contributed by atoms with Gasteiger partial charge in [0.25, 0.3) is 0 Å². The van der Waals surface area contributed by atoms with Crippen LogP contribution in [-0.2, 0) is 14.6 Å². The zero-order chi connectivity index (χ0) is 29.3. The predicted octanol–water partition coefficient (Wildman–Crippen LogP) is 4.01. The normalized spacial score (nSPS) is 15.6. The summed E-state index contributed by atoms with van der Waals surface area (Å²) in [5.41, 5.74) is 1.35. The Kier molecular flexibility index (Phi) is 8.02. The van der Waals surface area contributed by atoms with Crippen LogP contribution in [0, 0.1) is 11.6 Å². The summed E-state index contributed by atoms with van der Waals surface area (Å²) in [6.45, 7) is 5.41. The number of anilines is 3. The fourth-order valence-corrected chi connectivity index (χ4v) is 5.81. The standard InChI is InChI=1S/C28H31F2N7O3S/c1-4-22(37-13-11-36(2)12-14-37)27(38)33-21-9-5-7-17-18(15-31-26(17)21)25-19(29)16-32-28(35-25)34-20-8-6-10-23(24(20)30)41(3,39)40/h5-10,15-16,22,31H,4,11-14H2,1-3H3,(H,33,38)(H,32,34,35)/t22-/m1/s1. The zero-order valence-corrected chi connectivity index (χ0v) is 23.7. The molecule has 1 aliphatic heterocycles. The maximum absolute atomic E-state index is 15.0. The molecule has 1 amide bonds. The van der Waals surface area contributed by atoms with Crippen LogP contribution in [0.1, 0.15) is 13.3 Å². The number of H-pyrrole nitrogens is 1. The van der Waals surface area contributed by atoms with Gasteiger partial charge in [-0.2, -0.15) is 0 Å². The number of carbonyl (C=O) groups is 1. The lowest BCUT2D eigenvalue weighted by molar-refractivity contribution is -0.122. The van der Waals surface area contributed by atoms with E-state index in [2.05, 4.69) is 42.4 Å². The van der Waals surface area contributed by atoms with E-state index < -0.39 is 26.4 Å². The van der Waals surface area contributed by atoms with Gasteiger partial charge in [0.1, 0.15) is 10.6 Å². The molecule has 1 fully saturated rings. The Morgan fingerprint density at radius 2 is 1.80 bits per heavy atom. The monoisotopic (exact) mass is 583 g/mol. The van der Waals surface area contributed by atoms with Crippen molar-refractivity contribution in [3.8, 4) is 11.3 Å². The van der Waals surface area contributed by atoms with Crippen molar-refractivity contribution in [2.75, 3.05) is 50.1 Å². The first-order chi connectivity index (χ1) is 19.6. The number of halogens is 2. The number of aromatic amines is 1. The van der Waals surface area contributed by atoms with Gasteiger partial charge in [-0.3, -0.25) is 9.69 Å². The summed E-state index contributed by atoms with van der Waals surface area (Å²) in [6, 6.07) is 8.91. The van der Waals surface area contributed by atoms with E-state index >= 15 is 0 Å². The minimum Gasteiger partial charge on any atom is -0.359 e. The molecule has 41 heavy (non-hydrogen) atoms. The van der Waals surface area contributed by atoms with E-state index in [0.29, 0.717) is 28.6 Å². The fourth-order valence-electron chi connectivity index (χ4n) is 5.04. The Morgan fingerprint density at radius 3 is 2.51 bits per heavy atom. The molecule has 0 saturated carbocycles. The lowest BCUT2D eigenvalue weighted by Crippen LogP contribution is -2.52. The number of amides is 1. The van der Waals surface area contributed by atoms with E-state index in [1.165, 1.54) is 12.1 Å². The van der Waals surface area contributed by atoms with Crippen LogP contribution in [0.4, 0.5) is 26.1 Å². The summed E-state index contributed by atoms with van der Waals surface area (Å²) in [4.78, 5) is 28.5. The molecule has 5 rings (SSSR count). The number of hydrogen-bond donors (Lipinski definition) is 3. The molecule has 2 aromatic heterocycles. The molecule has 2 aromatic carbocycles. The third kappa shape index (κ3) is 5.92. The van der Waals surface area contributed by atoms with Crippen molar-refractivity contribution in [3.05, 3.63) is 60.4 Å². The highest BCUT2D eigenvalue weighted by Crippen LogP contribution is 2.34. The third-order valence-corrected chi connectivity index (χ3v) is 8.36. The van der Waals surface area contributed by atoms with Gasteiger partial charge in [0, 0.05) is 49.6 Å². The average Bonchev–Trinajstić information content (AvgIpc) is 3.37. The summed E-state index contributed by atoms with van der Waals surface area (Å²) in [5, 5.41) is 6.30. The van der Waals surface area contributed by atoms with Gasteiger partial charge in [-0.05, 0) is 31.7 Å². The quantitative estimate of drug-likeness (QED) is 0.284. The fraction of sp³-hybridized carbons (Fsp3) is 0.321. The molecular weight excluding hydrogens is 552 g/mol. The van der Waals surface area contributed by atoms with Gasteiger partial charge in [-0.15, -0.1) is 0 Å². The second kappa shape index (κ2) is 11.5. The molecule has 0 bridgehead atoms. The summed E-state index contributed by atoms with van der Waals surface area (Å²) in [5.74, 6) is -1.93. The van der Waals surface area contributed by atoms with E-state index in [-0.39, 0.29) is 29.3 Å². The van der Waals surface area contributed by atoms with Gasteiger partial charge in [0.2, 0.25) is 11.9 Å². The molecule has 0 spiro atoms. The summed E-state index contributed by atoms with van der Waals surface area (Å²) >= 11 is 0. The molecule has 0 radical (unpaired) electrons. The van der Waals surface area contributed by atoms with Gasteiger partial charge < -0.3 is 20.5 Å². The number of aromatic nitrogens is 3. The molecule has 3 heterocycles. The van der Waals surface area contributed by atoms with Crippen LogP contribution in [0.15, 0.2) is 53.7 Å². The first kappa shape index (κ1) is 28.6. The summed E-state index contributed by atoms with van der Waals surface area (Å²) in [7, 11) is -1.74. The molecule has 4 aromatic rings. The Labute approximate surface area is 236 Å². The summed E-state index contributed by atoms with van der Waals surface area (Å²) in [6.07, 6.45) is 4.11. The number of piperazine rings is 1. The molecule has 0 unspecified atom stereocenters. The van der Waals surface area contributed by atoms with Crippen molar-refractivity contribution in [1.82, 2.24) is 24.8 Å². The number of carbonyl (C=O) groups excluding carboxylic acids is 1. The molecule has 13 heteroatoms. The molecule has 1 atom stereocenters. The SMILES string of the molecule is CC[C@H](C(=O)Nc1cccc2c(-c3nc(Nc4cccc(S(C)(=O)=O)c4F)ncc3F)c[nH]c12)N1CCN(C)CC1. The van der Waals surface area contributed by atoms with Crippen LogP contribution in [0.2, 0.25) is 0 Å². The molecular formula is C28H31F2N7O3S. The van der Waals surface area contributed by atoms with Crippen molar-refractivity contribution in [2.24, 2.45) is 0 Å².